The molecular weight excluding hydrogens is 271 g/mol. The monoisotopic (exact) mass is 294 g/mol. The molecule has 3 rings (SSSR count). The summed E-state index contributed by atoms with van der Waals surface area (Å²) in [6.45, 7) is 3.78. The topological polar surface area (TPSA) is 44.7 Å². The van der Waals surface area contributed by atoms with Crippen molar-refractivity contribution in [2.45, 2.75) is 31.1 Å². The molecule has 0 bridgehead atoms. The van der Waals surface area contributed by atoms with Crippen LogP contribution in [0.25, 0.3) is 0 Å². The van der Waals surface area contributed by atoms with Gasteiger partial charge in [-0.2, -0.15) is 0 Å². The summed E-state index contributed by atoms with van der Waals surface area (Å²) in [5.41, 5.74) is 0.342. The Bertz CT molecular complexity index is 467. The first-order chi connectivity index (χ1) is 10.2. The third-order valence-corrected chi connectivity index (χ3v) is 4.21. The summed E-state index contributed by atoms with van der Waals surface area (Å²) in [5, 5.41) is 13.2. The van der Waals surface area contributed by atoms with E-state index in [0.29, 0.717) is 18.7 Å². The standard InChI is InChI=1S/C16H23FN2O2/c17-15-4-2-1-3-14(15)16(20)10-18-9-13-11-19(7-8-21-13)12-5-6-12/h1-4,12-13,16,18,20H,5-11H2/t13-,16-/m1/s1. The highest BCUT2D eigenvalue weighted by atomic mass is 19.1. The molecule has 1 saturated carbocycles. The number of aliphatic hydroxyl groups excluding tert-OH is 1. The number of benzene rings is 1. The van der Waals surface area contributed by atoms with Crippen molar-refractivity contribution in [2.24, 2.45) is 0 Å². The van der Waals surface area contributed by atoms with E-state index in [9.17, 15) is 9.50 Å². The van der Waals surface area contributed by atoms with Crippen LogP contribution in [0.4, 0.5) is 4.39 Å². The summed E-state index contributed by atoms with van der Waals surface area (Å²) in [4.78, 5) is 2.49. The van der Waals surface area contributed by atoms with E-state index in [1.807, 2.05) is 0 Å². The number of morpholine rings is 1. The molecule has 1 aliphatic heterocycles. The van der Waals surface area contributed by atoms with Crippen LogP contribution < -0.4 is 5.32 Å². The summed E-state index contributed by atoms with van der Waals surface area (Å²) in [5.74, 6) is -0.361. The smallest absolute Gasteiger partial charge is 0.129 e. The Balaban J connectivity index is 1.42. The van der Waals surface area contributed by atoms with Crippen LogP contribution >= 0.6 is 0 Å². The Kier molecular flexibility index (Phi) is 4.85. The van der Waals surface area contributed by atoms with E-state index in [-0.39, 0.29) is 11.9 Å². The zero-order chi connectivity index (χ0) is 14.7. The van der Waals surface area contributed by atoms with E-state index >= 15 is 0 Å². The van der Waals surface area contributed by atoms with Gasteiger partial charge in [-0.3, -0.25) is 4.90 Å². The summed E-state index contributed by atoms with van der Waals surface area (Å²) in [6, 6.07) is 7.12. The van der Waals surface area contributed by atoms with E-state index in [4.69, 9.17) is 4.74 Å². The van der Waals surface area contributed by atoms with Gasteiger partial charge in [0, 0.05) is 37.8 Å². The molecule has 1 aromatic rings. The van der Waals surface area contributed by atoms with E-state index in [0.717, 1.165) is 25.7 Å². The number of nitrogens with zero attached hydrogens (tertiary/aromatic N) is 1. The van der Waals surface area contributed by atoms with E-state index in [1.165, 1.54) is 18.9 Å². The Morgan fingerprint density at radius 3 is 2.95 bits per heavy atom. The number of nitrogens with one attached hydrogen (secondary N) is 1. The zero-order valence-corrected chi connectivity index (χ0v) is 12.2. The Hall–Kier alpha value is -1.01. The van der Waals surface area contributed by atoms with Gasteiger partial charge in [0.05, 0.1) is 18.8 Å². The molecule has 21 heavy (non-hydrogen) atoms. The summed E-state index contributed by atoms with van der Waals surface area (Å²) in [6.07, 6.45) is 1.96. The molecule has 1 saturated heterocycles. The van der Waals surface area contributed by atoms with Crippen LogP contribution in [-0.4, -0.2) is 54.9 Å². The lowest BCUT2D eigenvalue weighted by Crippen LogP contribution is -2.47. The lowest BCUT2D eigenvalue weighted by atomic mass is 10.1. The fraction of sp³-hybridized carbons (Fsp3) is 0.625. The van der Waals surface area contributed by atoms with Gasteiger partial charge in [0.2, 0.25) is 0 Å². The fourth-order valence-electron chi connectivity index (χ4n) is 2.87. The molecule has 2 N–H and O–H groups in total. The van der Waals surface area contributed by atoms with Crippen LogP contribution in [0.1, 0.15) is 24.5 Å². The molecule has 116 valence electrons. The second kappa shape index (κ2) is 6.83. The first-order valence-electron chi connectivity index (χ1n) is 7.73. The quantitative estimate of drug-likeness (QED) is 0.830. The Morgan fingerprint density at radius 1 is 1.38 bits per heavy atom. The van der Waals surface area contributed by atoms with E-state index < -0.39 is 6.10 Å². The lowest BCUT2D eigenvalue weighted by molar-refractivity contribution is -0.0309. The highest BCUT2D eigenvalue weighted by Crippen LogP contribution is 2.28. The minimum Gasteiger partial charge on any atom is -0.387 e. The molecule has 5 heteroatoms. The molecule has 0 radical (unpaired) electrons. The molecule has 4 nitrogen and oxygen atoms in total. The van der Waals surface area contributed by atoms with E-state index in [1.54, 1.807) is 18.2 Å². The molecule has 2 fully saturated rings. The van der Waals surface area contributed by atoms with Gasteiger partial charge in [-0.1, -0.05) is 18.2 Å². The predicted molar refractivity (Wildman–Crippen MR) is 78.6 cm³/mol. The third kappa shape index (κ3) is 4.01. The molecule has 0 aromatic heterocycles. The molecule has 2 aliphatic rings. The van der Waals surface area contributed by atoms with Crippen molar-refractivity contribution in [1.29, 1.82) is 0 Å². The first kappa shape index (κ1) is 14.9. The molecule has 1 aromatic carbocycles. The zero-order valence-electron chi connectivity index (χ0n) is 12.2. The van der Waals surface area contributed by atoms with Crippen LogP contribution in [-0.2, 0) is 4.74 Å². The van der Waals surface area contributed by atoms with Gasteiger partial charge in [0.1, 0.15) is 5.82 Å². The number of rotatable bonds is 6. The van der Waals surface area contributed by atoms with Crippen molar-refractivity contribution in [3.63, 3.8) is 0 Å². The minimum atomic E-state index is -0.825. The van der Waals surface area contributed by atoms with Crippen LogP contribution in [0, 0.1) is 5.82 Å². The van der Waals surface area contributed by atoms with Crippen molar-refractivity contribution in [2.75, 3.05) is 32.8 Å². The molecule has 1 heterocycles. The Labute approximate surface area is 124 Å². The fourth-order valence-corrected chi connectivity index (χ4v) is 2.87. The van der Waals surface area contributed by atoms with Gasteiger partial charge in [-0.25, -0.2) is 4.39 Å². The molecular formula is C16H23FN2O2. The van der Waals surface area contributed by atoms with Crippen LogP contribution in [0.5, 0.6) is 0 Å². The molecule has 0 unspecified atom stereocenters. The summed E-state index contributed by atoms with van der Waals surface area (Å²) >= 11 is 0. The van der Waals surface area contributed by atoms with Crippen LogP contribution in [0.2, 0.25) is 0 Å². The predicted octanol–water partition coefficient (Wildman–Crippen LogP) is 1.31. The number of hydrogen-bond donors (Lipinski definition) is 2. The van der Waals surface area contributed by atoms with Crippen LogP contribution in [0.15, 0.2) is 24.3 Å². The third-order valence-electron chi connectivity index (χ3n) is 4.21. The molecule has 1 aliphatic carbocycles. The average molecular weight is 294 g/mol. The highest BCUT2D eigenvalue weighted by molar-refractivity contribution is 5.19. The van der Waals surface area contributed by atoms with Crippen LogP contribution in [0.3, 0.4) is 0 Å². The SMILES string of the molecule is O[C@H](CNC[C@@H]1CN(C2CC2)CCO1)c1ccccc1F. The van der Waals surface area contributed by atoms with Gasteiger partial charge in [0.25, 0.3) is 0 Å². The average Bonchev–Trinajstić information content (AvgIpc) is 3.32. The maximum absolute atomic E-state index is 13.5. The molecule has 2 atom stereocenters. The summed E-state index contributed by atoms with van der Waals surface area (Å²) in [7, 11) is 0. The van der Waals surface area contributed by atoms with Gasteiger partial charge in [-0.15, -0.1) is 0 Å². The van der Waals surface area contributed by atoms with Crippen molar-refractivity contribution in [3.8, 4) is 0 Å². The number of halogens is 1. The maximum atomic E-state index is 13.5. The number of aliphatic hydroxyl groups is 1. The normalized spacial score (nSPS) is 25.0. The largest absolute Gasteiger partial charge is 0.387 e. The highest BCUT2D eigenvalue weighted by Gasteiger charge is 2.32. The Morgan fingerprint density at radius 2 is 2.19 bits per heavy atom. The van der Waals surface area contributed by atoms with Crippen molar-refractivity contribution in [1.82, 2.24) is 10.2 Å². The number of hydrogen-bond acceptors (Lipinski definition) is 4. The van der Waals surface area contributed by atoms with E-state index in [2.05, 4.69) is 10.2 Å². The van der Waals surface area contributed by atoms with Crippen molar-refractivity contribution >= 4 is 0 Å². The summed E-state index contributed by atoms with van der Waals surface area (Å²) < 4.78 is 19.3. The van der Waals surface area contributed by atoms with Gasteiger partial charge in [-0.05, 0) is 18.9 Å². The second-order valence-electron chi connectivity index (χ2n) is 5.91. The maximum Gasteiger partial charge on any atom is 0.129 e. The lowest BCUT2D eigenvalue weighted by Gasteiger charge is -2.33. The van der Waals surface area contributed by atoms with Crippen molar-refractivity contribution in [3.05, 3.63) is 35.6 Å². The molecule has 0 spiro atoms. The first-order valence-corrected chi connectivity index (χ1v) is 7.73. The van der Waals surface area contributed by atoms with Gasteiger partial charge >= 0.3 is 0 Å². The van der Waals surface area contributed by atoms with Gasteiger partial charge in [0.15, 0.2) is 0 Å². The molecule has 0 amide bonds. The van der Waals surface area contributed by atoms with Crippen molar-refractivity contribution < 1.29 is 14.2 Å². The minimum absolute atomic E-state index is 0.159. The number of ether oxygens (including phenoxy) is 1. The second-order valence-corrected chi connectivity index (χ2v) is 5.91. The van der Waals surface area contributed by atoms with Gasteiger partial charge < -0.3 is 15.2 Å².